The van der Waals surface area contributed by atoms with Gasteiger partial charge in [0.05, 0.1) is 18.8 Å². The highest BCUT2D eigenvalue weighted by Gasteiger charge is 2.26. The number of aliphatic hydroxyl groups is 1. The second kappa shape index (κ2) is 5.72. The van der Waals surface area contributed by atoms with Gasteiger partial charge in [-0.2, -0.15) is 0 Å². The van der Waals surface area contributed by atoms with Gasteiger partial charge in [-0.05, 0) is 50.3 Å². The summed E-state index contributed by atoms with van der Waals surface area (Å²) in [6.45, 7) is 2.74. The number of rotatable bonds is 5. The van der Waals surface area contributed by atoms with Crippen LogP contribution in [-0.2, 0) is 10.3 Å². The topological polar surface area (TPSA) is 38.7 Å². The lowest BCUT2D eigenvalue weighted by Gasteiger charge is -2.25. The van der Waals surface area contributed by atoms with Crippen molar-refractivity contribution in [2.45, 2.75) is 44.3 Å². The molecule has 1 aliphatic rings. The summed E-state index contributed by atoms with van der Waals surface area (Å²) in [6, 6.07) is 7.62. The van der Waals surface area contributed by atoms with Gasteiger partial charge in [-0.25, -0.2) is 0 Å². The molecule has 1 aliphatic heterocycles. The third-order valence-electron chi connectivity index (χ3n) is 3.69. The number of benzene rings is 1. The molecule has 1 fully saturated rings. The van der Waals surface area contributed by atoms with E-state index in [1.165, 1.54) is 0 Å². The lowest BCUT2D eigenvalue weighted by molar-refractivity contribution is 0.0220. The van der Waals surface area contributed by atoms with E-state index in [4.69, 9.17) is 9.47 Å². The molecule has 3 nitrogen and oxygen atoms in total. The first-order valence-corrected chi connectivity index (χ1v) is 6.60. The molecule has 100 valence electrons. The molecule has 0 spiro atoms. The zero-order valence-corrected chi connectivity index (χ0v) is 11.2. The van der Waals surface area contributed by atoms with Crippen molar-refractivity contribution in [2.24, 2.45) is 0 Å². The van der Waals surface area contributed by atoms with E-state index in [2.05, 4.69) is 0 Å². The highest BCUT2D eigenvalue weighted by Crippen LogP contribution is 2.30. The van der Waals surface area contributed by atoms with Crippen molar-refractivity contribution in [2.75, 3.05) is 13.7 Å². The second-order valence-corrected chi connectivity index (χ2v) is 5.18. The summed E-state index contributed by atoms with van der Waals surface area (Å²) < 4.78 is 10.7. The Morgan fingerprint density at radius 1 is 1.39 bits per heavy atom. The van der Waals surface area contributed by atoms with Crippen LogP contribution in [0, 0.1) is 0 Å². The number of hydrogen-bond donors (Lipinski definition) is 1. The van der Waals surface area contributed by atoms with Crippen molar-refractivity contribution in [1.29, 1.82) is 0 Å². The Bertz CT molecular complexity index is 364. The monoisotopic (exact) mass is 250 g/mol. The van der Waals surface area contributed by atoms with Crippen LogP contribution in [0.3, 0.4) is 0 Å². The summed E-state index contributed by atoms with van der Waals surface area (Å²) in [6.07, 6.45) is 4.24. The summed E-state index contributed by atoms with van der Waals surface area (Å²) in [7, 11) is 1.64. The van der Waals surface area contributed by atoms with Crippen LogP contribution in [0.4, 0.5) is 0 Å². The van der Waals surface area contributed by atoms with Crippen molar-refractivity contribution in [3.05, 3.63) is 29.8 Å². The highest BCUT2D eigenvalue weighted by atomic mass is 16.5. The largest absolute Gasteiger partial charge is 0.497 e. The average Bonchev–Trinajstić information content (AvgIpc) is 2.90. The second-order valence-electron chi connectivity index (χ2n) is 5.18. The molecule has 18 heavy (non-hydrogen) atoms. The number of hydrogen-bond acceptors (Lipinski definition) is 3. The molecule has 2 unspecified atom stereocenters. The fourth-order valence-corrected chi connectivity index (χ4v) is 2.41. The minimum absolute atomic E-state index is 0.328. The Kier molecular flexibility index (Phi) is 4.25. The number of methoxy groups -OCH3 is 1. The number of ether oxygens (including phenoxy) is 2. The summed E-state index contributed by atoms with van der Waals surface area (Å²) >= 11 is 0. The van der Waals surface area contributed by atoms with E-state index in [9.17, 15) is 5.11 Å². The van der Waals surface area contributed by atoms with E-state index in [0.717, 1.165) is 43.6 Å². The Labute approximate surface area is 109 Å². The molecule has 1 N–H and O–H groups in total. The smallest absolute Gasteiger partial charge is 0.118 e. The predicted octanol–water partition coefficient (Wildman–Crippen LogP) is 2.86. The lowest BCUT2D eigenvalue weighted by Crippen LogP contribution is -2.23. The zero-order chi connectivity index (χ0) is 13.0. The van der Waals surface area contributed by atoms with E-state index < -0.39 is 5.60 Å². The third-order valence-corrected chi connectivity index (χ3v) is 3.69. The molecular formula is C15H22O3. The summed E-state index contributed by atoms with van der Waals surface area (Å²) in [5.41, 5.74) is 0.138. The molecule has 1 aromatic carbocycles. The van der Waals surface area contributed by atoms with Gasteiger partial charge in [0.2, 0.25) is 0 Å². The van der Waals surface area contributed by atoms with Crippen molar-refractivity contribution >= 4 is 0 Å². The first kappa shape index (κ1) is 13.4. The van der Waals surface area contributed by atoms with Crippen molar-refractivity contribution < 1.29 is 14.6 Å². The van der Waals surface area contributed by atoms with E-state index in [1.54, 1.807) is 7.11 Å². The van der Waals surface area contributed by atoms with Gasteiger partial charge in [0.1, 0.15) is 5.75 Å². The van der Waals surface area contributed by atoms with Crippen LogP contribution >= 0.6 is 0 Å². The van der Waals surface area contributed by atoms with Gasteiger partial charge < -0.3 is 14.6 Å². The molecule has 0 bridgehead atoms. The first-order valence-electron chi connectivity index (χ1n) is 6.60. The molecule has 0 saturated carbocycles. The molecule has 0 aliphatic carbocycles. The van der Waals surface area contributed by atoms with Crippen LogP contribution in [0.2, 0.25) is 0 Å². The van der Waals surface area contributed by atoms with Crippen LogP contribution in [0.25, 0.3) is 0 Å². The van der Waals surface area contributed by atoms with Crippen molar-refractivity contribution in [3.63, 3.8) is 0 Å². The van der Waals surface area contributed by atoms with Gasteiger partial charge in [0.15, 0.2) is 0 Å². The molecule has 0 aromatic heterocycles. The minimum Gasteiger partial charge on any atom is -0.497 e. The van der Waals surface area contributed by atoms with Crippen molar-refractivity contribution in [3.8, 4) is 5.75 Å². The molecule has 3 heteroatoms. The van der Waals surface area contributed by atoms with E-state index in [1.807, 2.05) is 31.2 Å². The van der Waals surface area contributed by atoms with Gasteiger partial charge in [-0.3, -0.25) is 0 Å². The van der Waals surface area contributed by atoms with Gasteiger partial charge in [-0.15, -0.1) is 0 Å². The Balaban J connectivity index is 1.95. The summed E-state index contributed by atoms with van der Waals surface area (Å²) in [5.74, 6) is 0.814. The molecule has 2 atom stereocenters. The zero-order valence-electron chi connectivity index (χ0n) is 11.2. The lowest BCUT2D eigenvalue weighted by atomic mass is 9.89. The molecular weight excluding hydrogens is 228 g/mol. The highest BCUT2D eigenvalue weighted by molar-refractivity contribution is 5.30. The maximum absolute atomic E-state index is 10.5. The molecule has 2 rings (SSSR count). The van der Waals surface area contributed by atoms with Gasteiger partial charge in [0, 0.05) is 6.61 Å². The molecule has 1 saturated heterocycles. The fourth-order valence-electron chi connectivity index (χ4n) is 2.41. The predicted molar refractivity (Wildman–Crippen MR) is 70.8 cm³/mol. The average molecular weight is 250 g/mol. The van der Waals surface area contributed by atoms with Crippen molar-refractivity contribution in [1.82, 2.24) is 0 Å². The first-order chi connectivity index (χ1) is 8.62. The fraction of sp³-hybridized carbons (Fsp3) is 0.600. The van der Waals surface area contributed by atoms with Crippen LogP contribution in [0.5, 0.6) is 5.75 Å². The normalized spacial score (nSPS) is 22.7. The van der Waals surface area contributed by atoms with Gasteiger partial charge in [-0.1, -0.05) is 12.1 Å². The Hall–Kier alpha value is -1.06. The maximum atomic E-state index is 10.5. The molecule has 1 heterocycles. The maximum Gasteiger partial charge on any atom is 0.118 e. The van der Waals surface area contributed by atoms with Gasteiger partial charge >= 0.3 is 0 Å². The van der Waals surface area contributed by atoms with E-state index >= 15 is 0 Å². The van der Waals surface area contributed by atoms with Crippen LogP contribution in [-0.4, -0.2) is 24.9 Å². The summed E-state index contributed by atoms with van der Waals surface area (Å²) in [4.78, 5) is 0. The van der Waals surface area contributed by atoms with Crippen LogP contribution < -0.4 is 4.74 Å². The Morgan fingerprint density at radius 2 is 2.11 bits per heavy atom. The quantitative estimate of drug-likeness (QED) is 0.873. The van der Waals surface area contributed by atoms with Gasteiger partial charge in [0.25, 0.3) is 0 Å². The van der Waals surface area contributed by atoms with E-state index in [-0.39, 0.29) is 0 Å². The molecule has 1 aromatic rings. The van der Waals surface area contributed by atoms with E-state index in [0.29, 0.717) is 6.10 Å². The Morgan fingerprint density at radius 3 is 2.67 bits per heavy atom. The molecule has 0 amide bonds. The molecule has 0 radical (unpaired) electrons. The van der Waals surface area contributed by atoms with Crippen LogP contribution in [0.1, 0.15) is 38.2 Å². The summed E-state index contributed by atoms with van der Waals surface area (Å²) in [5, 5.41) is 10.5. The minimum atomic E-state index is -0.793. The third kappa shape index (κ3) is 3.24. The standard InChI is InChI=1S/C15H22O3/c1-15(16,10-9-14-4-3-11-18-14)12-5-7-13(17-2)8-6-12/h5-8,14,16H,3-4,9-11H2,1-2H3. The van der Waals surface area contributed by atoms with Crippen LogP contribution in [0.15, 0.2) is 24.3 Å². The SMILES string of the molecule is COc1ccc(C(C)(O)CCC2CCCO2)cc1.